The number of benzene rings is 2. The second-order valence-corrected chi connectivity index (χ2v) is 9.44. The summed E-state index contributed by atoms with van der Waals surface area (Å²) < 4.78 is 29.5. The van der Waals surface area contributed by atoms with Crippen molar-refractivity contribution >= 4 is 27.0 Å². The number of rotatable bonds is 5. The SMILES string of the molecule is Cn1ccc2cc(S(=O)(=O)N3CCN(C(=O)NCCc4ccccc4)CC3)ccc21. The number of amides is 2. The minimum absolute atomic E-state index is 0.145. The van der Waals surface area contributed by atoms with E-state index in [-0.39, 0.29) is 6.03 Å². The van der Waals surface area contributed by atoms with Gasteiger partial charge in [0.2, 0.25) is 10.0 Å². The van der Waals surface area contributed by atoms with Crippen LogP contribution >= 0.6 is 0 Å². The van der Waals surface area contributed by atoms with E-state index in [0.29, 0.717) is 37.6 Å². The Kier molecular flexibility index (Phi) is 5.78. The fraction of sp³-hybridized carbons (Fsp3) is 0.318. The summed E-state index contributed by atoms with van der Waals surface area (Å²) in [7, 11) is -1.65. The largest absolute Gasteiger partial charge is 0.351 e. The number of sulfonamides is 1. The Hall–Kier alpha value is -2.84. The number of nitrogens with one attached hydrogen (secondary N) is 1. The molecule has 8 heteroatoms. The van der Waals surface area contributed by atoms with Crippen LogP contribution in [0.4, 0.5) is 4.79 Å². The number of fused-ring (bicyclic) bond motifs is 1. The lowest BCUT2D eigenvalue weighted by atomic mass is 10.1. The van der Waals surface area contributed by atoms with Crippen LogP contribution in [-0.2, 0) is 23.5 Å². The Labute approximate surface area is 176 Å². The Bertz CT molecular complexity index is 1130. The molecule has 2 aromatic carbocycles. The number of piperazine rings is 1. The highest BCUT2D eigenvalue weighted by atomic mass is 32.2. The molecule has 0 bridgehead atoms. The summed E-state index contributed by atoms with van der Waals surface area (Å²) in [6.45, 7) is 1.90. The number of hydrogen-bond donors (Lipinski definition) is 1. The lowest BCUT2D eigenvalue weighted by Gasteiger charge is -2.34. The molecule has 1 aliphatic rings. The third-order valence-electron chi connectivity index (χ3n) is 5.55. The highest BCUT2D eigenvalue weighted by molar-refractivity contribution is 7.89. The van der Waals surface area contributed by atoms with Crippen molar-refractivity contribution in [3.05, 3.63) is 66.4 Å². The third-order valence-corrected chi connectivity index (χ3v) is 7.45. The predicted octanol–water partition coefficient (Wildman–Crippen LogP) is 2.44. The van der Waals surface area contributed by atoms with E-state index in [1.807, 2.05) is 60.3 Å². The minimum Gasteiger partial charge on any atom is -0.351 e. The van der Waals surface area contributed by atoms with Gasteiger partial charge in [0.15, 0.2) is 0 Å². The van der Waals surface area contributed by atoms with Gasteiger partial charge >= 0.3 is 6.03 Å². The molecule has 0 radical (unpaired) electrons. The van der Waals surface area contributed by atoms with Gasteiger partial charge < -0.3 is 14.8 Å². The average Bonchev–Trinajstić information content (AvgIpc) is 3.15. The van der Waals surface area contributed by atoms with Crippen LogP contribution in [0.3, 0.4) is 0 Å². The zero-order valence-corrected chi connectivity index (χ0v) is 17.8. The number of aromatic nitrogens is 1. The van der Waals surface area contributed by atoms with Crippen LogP contribution in [0.2, 0.25) is 0 Å². The molecule has 1 aromatic heterocycles. The summed E-state index contributed by atoms with van der Waals surface area (Å²) in [5, 5.41) is 3.82. The second-order valence-electron chi connectivity index (χ2n) is 7.51. The van der Waals surface area contributed by atoms with Gasteiger partial charge in [-0.05, 0) is 36.2 Å². The zero-order chi connectivity index (χ0) is 21.1. The Morgan fingerprint density at radius 2 is 1.73 bits per heavy atom. The van der Waals surface area contributed by atoms with Crippen LogP contribution in [-0.4, -0.2) is 60.9 Å². The summed E-state index contributed by atoms with van der Waals surface area (Å²) in [6.07, 6.45) is 2.68. The van der Waals surface area contributed by atoms with Crippen molar-refractivity contribution in [2.45, 2.75) is 11.3 Å². The van der Waals surface area contributed by atoms with E-state index in [2.05, 4.69) is 5.32 Å². The topological polar surface area (TPSA) is 74.7 Å². The molecular weight excluding hydrogens is 400 g/mol. The molecule has 0 aliphatic carbocycles. The van der Waals surface area contributed by atoms with E-state index >= 15 is 0 Å². The average molecular weight is 427 g/mol. The first-order chi connectivity index (χ1) is 14.4. The van der Waals surface area contributed by atoms with E-state index < -0.39 is 10.0 Å². The Morgan fingerprint density at radius 1 is 1.00 bits per heavy atom. The van der Waals surface area contributed by atoms with Crippen LogP contribution in [0.15, 0.2) is 65.7 Å². The second kappa shape index (κ2) is 8.49. The third kappa shape index (κ3) is 4.20. The van der Waals surface area contributed by atoms with Gasteiger partial charge in [0, 0.05) is 56.9 Å². The normalized spacial score (nSPS) is 15.4. The molecule has 158 valence electrons. The summed E-state index contributed by atoms with van der Waals surface area (Å²) in [5.74, 6) is 0. The van der Waals surface area contributed by atoms with E-state index in [0.717, 1.165) is 17.3 Å². The monoisotopic (exact) mass is 426 g/mol. The molecule has 7 nitrogen and oxygen atoms in total. The highest BCUT2D eigenvalue weighted by Gasteiger charge is 2.30. The molecule has 0 unspecified atom stereocenters. The van der Waals surface area contributed by atoms with Crippen molar-refractivity contribution in [3.8, 4) is 0 Å². The highest BCUT2D eigenvalue weighted by Crippen LogP contribution is 2.23. The molecule has 1 saturated heterocycles. The fourth-order valence-electron chi connectivity index (χ4n) is 3.77. The molecule has 0 spiro atoms. The van der Waals surface area contributed by atoms with Gasteiger partial charge in [0.1, 0.15) is 0 Å². The number of hydrogen-bond acceptors (Lipinski definition) is 3. The summed E-state index contributed by atoms with van der Waals surface area (Å²) in [6, 6.07) is 16.9. The van der Waals surface area contributed by atoms with Gasteiger partial charge in [-0.3, -0.25) is 0 Å². The van der Waals surface area contributed by atoms with Crippen molar-refractivity contribution in [1.82, 2.24) is 19.1 Å². The predicted molar refractivity (Wildman–Crippen MR) is 117 cm³/mol. The van der Waals surface area contributed by atoms with Crippen molar-refractivity contribution < 1.29 is 13.2 Å². The molecule has 1 fully saturated rings. The van der Waals surface area contributed by atoms with Crippen molar-refractivity contribution in [2.24, 2.45) is 7.05 Å². The van der Waals surface area contributed by atoms with Gasteiger partial charge in [0.25, 0.3) is 0 Å². The molecule has 4 rings (SSSR count). The first-order valence-corrected chi connectivity index (χ1v) is 11.5. The number of carbonyl (C=O) groups excluding carboxylic acids is 1. The van der Waals surface area contributed by atoms with Crippen LogP contribution < -0.4 is 5.32 Å². The van der Waals surface area contributed by atoms with Gasteiger partial charge in [-0.1, -0.05) is 30.3 Å². The number of aryl methyl sites for hydroxylation is 1. The standard InChI is InChI=1S/C22H26N4O3S/c1-24-12-10-19-17-20(7-8-21(19)24)30(28,29)26-15-13-25(14-16-26)22(27)23-11-9-18-5-3-2-4-6-18/h2-8,10,12,17H,9,11,13-16H2,1H3,(H,23,27). The number of carbonyl (C=O) groups is 1. The van der Waals surface area contributed by atoms with Crippen LogP contribution in [0, 0.1) is 0 Å². The molecule has 2 amide bonds. The molecule has 3 aromatic rings. The Balaban J connectivity index is 1.33. The number of nitrogens with zero attached hydrogens (tertiary/aromatic N) is 3. The lowest BCUT2D eigenvalue weighted by Crippen LogP contribution is -2.53. The molecular formula is C22H26N4O3S. The fourth-order valence-corrected chi connectivity index (χ4v) is 5.23. The van der Waals surface area contributed by atoms with Gasteiger partial charge in [-0.25, -0.2) is 13.2 Å². The van der Waals surface area contributed by atoms with Crippen LogP contribution in [0.5, 0.6) is 0 Å². The molecule has 1 N–H and O–H groups in total. The molecule has 0 saturated carbocycles. The smallest absolute Gasteiger partial charge is 0.317 e. The first-order valence-electron chi connectivity index (χ1n) is 10.1. The zero-order valence-electron chi connectivity index (χ0n) is 17.0. The maximum absolute atomic E-state index is 13.0. The van der Waals surface area contributed by atoms with Crippen molar-refractivity contribution in [3.63, 3.8) is 0 Å². The van der Waals surface area contributed by atoms with Gasteiger partial charge in [-0.2, -0.15) is 4.31 Å². The quantitative estimate of drug-likeness (QED) is 0.681. The summed E-state index contributed by atoms with van der Waals surface area (Å²) in [5.41, 5.74) is 2.16. The van der Waals surface area contributed by atoms with E-state index in [4.69, 9.17) is 0 Å². The van der Waals surface area contributed by atoms with E-state index in [9.17, 15) is 13.2 Å². The summed E-state index contributed by atoms with van der Waals surface area (Å²) in [4.78, 5) is 14.4. The first kappa shape index (κ1) is 20.4. The van der Waals surface area contributed by atoms with Crippen LogP contribution in [0.25, 0.3) is 10.9 Å². The van der Waals surface area contributed by atoms with Crippen molar-refractivity contribution in [2.75, 3.05) is 32.7 Å². The maximum atomic E-state index is 13.0. The maximum Gasteiger partial charge on any atom is 0.317 e. The molecule has 1 aliphatic heterocycles. The minimum atomic E-state index is -3.58. The van der Waals surface area contributed by atoms with Crippen molar-refractivity contribution in [1.29, 1.82) is 0 Å². The van der Waals surface area contributed by atoms with Gasteiger partial charge in [-0.15, -0.1) is 0 Å². The van der Waals surface area contributed by atoms with Gasteiger partial charge in [0.05, 0.1) is 4.90 Å². The number of urea groups is 1. The molecule has 2 heterocycles. The van der Waals surface area contributed by atoms with Crippen LogP contribution in [0.1, 0.15) is 5.56 Å². The lowest BCUT2D eigenvalue weighted by molar-refractivity contribution is 0.172. The van der Waals surface area contributed by atoms with E-state index in [1.165, 1.54) is 9.87 Å². The Morgan fingerprint density at radius 3 is 2.47 bits per heavy atom. The molecule has 30 heavy (non-hydrogen) atoms. The molecule has 0 atom stereocenters. The summed E-state index contributed by atoms with van der Waals surface area (Å²) >= 11 is 0. The van der Waals surface area contributed by atoms with E-state index in [1.54, 1.807) is 17.0 Å².